The fourth-order valence-electron chi connectivity index (χ4n) is 0.711. The maximum Gasteiger partial charge on any atom is 0.335 e. The van der Waals surface area contributed by atoms with Crippen molar-refractivity contribution in [3.8, 4) is 5.75 Å². The van der Waals surface area contributed by atoms with E-state index in [0.717, 1.165) is 0 Å². The molecule has 0 amide bonds. The molecule has 1 aromatic carbocycles. The summed E-state index contributed by atoms with van der Waals surface area (Å²) in [5, 5.41) is 8.57. The first-order chi connectivity index (χ1) is 5.84. The predicted octanol–water partition coefficient (Wildman–Crippen LogP) is 1.33. The van der Waals surface area contributed by atoms with Crippen molar-refractivity contribution >= 4 is 10.2 Å². The first kappa shape index (κ1) is 9.85. The largest absolute Gasteiger partial charge is 0.503 e. The number of benzene rings is 1. The molecule has 0 aliphatic heterocycles. The molecular weight excluding hydrogens is 209 g/mol. The van der Waals surface area contributed by atoms with E-state index in [1.165, 1.54) is 0 Å². The van der Waals surface area contributed by atoms with Crippen LogP contribution < -0.4 is 0 Å². The second-order valence-electron chi connectivity index (χ2n) is 2.15. The standard InChI is InChI=1S/C6H3F3O3S/c7-3-1-2-4(13(9,11)12)5(8)6(3)10/h1-2,10H. The zero-order valence-electron chi connectivity index (χ0n) is 5.96. The maximum atomic E-state index is 12.6. The van der Waals surface area contributed by atoms with Crippen molar-refractivity contribution in [3.63, 3.8) is 0 Å². The van der Waals surface area contributed by atoms with Crippen LogP contribution in [0.15, 0.2) is 17.0 Å². The van der Waals surface area contributed by atoms with Crippen molar-refractivity contribution in [2.75, 3.05) is 0 Å². The van der Waals surface area contributed by atoms with Crippen LogP contribution in [0, 0.1) is 11.6 Å². The van der Waals surface area contributed by atoms with Crippen LogP contribution in [0.25, 0.3) is 0 Å². The molecule has 7 heteroatoms. The Morgan fingerprint density at radius 3 is 2.23 bits per heavy atom. The van der Waals surface area contributed by atoms with Crippen LogP contribution in [-0.2, 0) is 10.2 Å². The molecule has 1 rings (SSSR count). The van der Waals surface area contributed by atoms with E-state index in [1.54, 1.807) is 0 Å². The Labute approximate surface area is 71.6 Å². The smallest absolute Gasteiger partial charge is 0.335 e. The summed E-state index contributed by atoms with van der Waals surface area (Å²) in [7, 11) is -5.27. The lowest BCUT2D eigenvalue weighted by Gasteiger charge is -2.00. The fraction of sp³-hybridized carbons (Fsp3) is 0. The second kappa shape index (κ2) is 2.91. The quantitative estimate of drug-likeness (QED) is 0.714. The molecule has 0 aliphatic rings. The van der Waals surface area contributed by atoms with Crippen LogP contribution in [0.2, 0.25) is 0 Å². The van der Waals surface area contributed by atoms with Gasteiger partial charge in [0.05, 0.1) is 0 Å². The Kier molecular flexibility index (Phi) is 2.21. The Bertz CT molecular complexity index is 441. The molecule has 0 saturated heterocycles. The summed E-state index contributed by atoms with van der Waals surface area (Å²) in [4.78, 5) is -1.38. The molecule has 0 heterocycles. The van der Waals surface area contributed by atoms with Gasteiger partial charge in [0.25, 0.3) is 0 Å². The van der Waals surface area contributed by atoms with E-state index in [9.17, 15) is 21.1 Å². The number of phenolic OH excluding ortho intramolecular Hbond substituents is 1. The normalized spacial score (nSPS) is 11.6. The van der Waals surface area contributed by atoms with E-state index in [0.29, 0.717) is 12.1 Å². The average Bonchev–Trinajstić information content (AvgIpc) is 1.98. The third kappa shape index (κ3) is 1.74. The zero-order chi connectivity index (χ0) is 10.2. The highest BCUT2D eigenvalue weighted by Gasteiger charge is 2.22. The van der Waals surface area contributed by atoms with E-state index in [-0.39, 0.29) is 0 Å². The Hall–Kier alpha value is -1.24. The summed E-state index contributed by atoms with van der Waals surface area (Å²) in [6.45, 7) is 0. The molecule has 3 nitrogen and oxygen atoms in total. The maximum absolute atomic E-state index is 12.6. The van der Waals surface area contributed by atoms with Gasteiger partial charge in [0.2, 0.25) is 0 Å². The molecule has 0 fully saturated rings. The van der Waals surface area contributed by atoms with Gasteiger partial charge in [-0.3, -0.25) is 0 Å². The number of aromatic hydroxyl groups is 1. The summed E-state index contributed by atoms with van der Waals surface area (Å²) in [6, 6.07) is 0.838. The van der Waals surface area contributed by atoms with Crippen molar-refractivity contribution in [1.29, 1.82) is 0 Å². The van der Waals surface area contributed by atoms with Crippen molar-refractivity contribution in [2.24, 2.45) is 0 Å². The lowest BCUT2D eigenvalue weighted by atomic mass is 10.3. The molecule has 0 unspecified atom stereocenters. The summed E-state index contributed by atoms with van der Waals surface area (Å²) in [5.74, 6) is -4.70. The second-order valence-corrected chi connectivity index (χ2v) is 3.46. The Morgan fingerprint density at radius 1 is 1.23 bits per heavy atom. The number of hydrogen-bond acceptors (Lipinski definition) is 3. The minimum absolute atomic E-state index is 0.389. The number of rotatable bonds is 1. The van der Waals surface area contributed by atoms with Crippen LogP contribution in [0.1, 0.15) is 0 Å². The van der Waals surface area contributed by atoms with Gasteiger partial charge in [-0.2, -0.15) is 8.42 Å². The molecule has 0 aromatic heterocycles. The predicted molar refractivity (Wildman–Crippen MR) is 36.3 cm³/mol. The minimum atomic E-state index is -5.27. The van der Waals surface area contributed by atoms with E-state index in [2.05, 4.69) is 0 Å². The highest BCUT2D eigenvalue weighted by Crippen LogP contribution is 2.26. The first-order valence-corrected chi connectivity index (χ1v) is 4.34. The van der Waals surface area contributed by atoms with Gasteiger partial charge in [-0.1, -0.05) is 0 Å². The number of hydrogen-bond donors (Lipinski definition) is 1. The molecule has 0 spiro atoms. The van der Waals surface area contributed by atoms with Gasteiger partial charge >= 0.3 is 10.2 Å². The van der Waals surface area contributed by atoms with E-state index < -0.39 is 32.5 Å². The van der Waals surface area contributed by atoms with Gasteiger partial charge in [-0.05, 0) is 12.1 Å². The monoisotopic (exact) mass is 212 g/mol. The SMILES string of the molecule is O=S(=O)(F)c1ccc(F)c(O)c1F. The minimum Gasteiger partial charge on any atom is -0.503 e. The Balaban J connectivity index is 3.53. The van der Waals surface area contributed by atoms with E-state index in [1.807, 2.05) is 0 Å². The average molecular weight is 212 g/mol. The van der Waals surface area contributed by atoms with Crippen molar-refractivity contribution in [3.05, 3.63) is 23.8 Å². The molecule has 0 atom stereocenters. The first-order valence-electron chi connectivity index (χ1n) is 2.95. The van der Waals surface area contributed by atoms with Gasteiger partial charge in [-0.25, -0.2) is 8.78 Å². The molecule has 72 valence electrons. The molecule has 0 bridgehead atoms. The third-order valence-electron chi connectivity index (χ3n) is 1.29. The van der Waals surface area contributed by atoms with Gasteiger partial charge in [0, 0.05) is 0 Å². The third-order valence-corrected chi connectivity index (χ3v) is 2.13. The molecule has 0 radical (unpaired) electrons. The van der Waals surface area contributed by atoms with Crippen molar-refractivity contribution < 1.29 is 26.2 Å². The summed E-state index contributed by atoms with van der Waals surface area (Å²) >= 11 is 0. The van der Waals surface area contributed by atoms with Crippen molar-refractivity contribution in [2.45, 2.75) is 4.90 Å². The zero-order valence-corrected chi connectivity index (χ0v) is 6.78. The lowest BCUT2D eigenvalue weighted by Crippen LogP contribution is -1.97. The molecule has 13 heavy (non-hydrogen) atoms. The van der Waals surface area contributed by atoms with Gasteiger partial charge in [0.1, 0.15) is 4.90 Å². The molecule has 1 N–H and O–H groups in total. The van der Waals surface area contributed by atoms with Crippen LogP contribution in [0.4, 0.5) is 12.7 Å². The van der Waals surface area contributed by atoms with Gasteiger partial charge < -0.3 is 5.11 Å². The molecule has 1 aromatic rings. The summed E-state index contributed by atoms with van der Waals surface area (Å²) in [5.41, 5.74) is 0. The lowest BCUT2D eigenvalue weighted by molar-refractivity contribution is 0.387. The highest BCUT2D eigenvalue weighted by atomic mass is 32.3. The summed E-state index contributed by atoms with van der Waals surface area (Å²) < 4.78 is 57.5. The molecular formula is C6H3F3O3S. The van der Waals surface area contributed by atoms with E-state index >= 15 is 0 Å². The molecule has 0 saturated carbocycles. The highest BCUT2D eigenvalue weighted by molar-refractivity contribution is 7.86. The van der Waals surface area contributed by atoms with Crippen molar-refractivity contribution in [1.82, 2.24) is 0 Å². The van der Waals surface area contributed by atoms with Crippen LogP contribution in [0.3, 0.4) is 0 Å². The van der Waals surface area contributed by atoms with E-state index in [4.69, 9.17) is 5.11 Å². The van der Waals surface area contributed by atoms with Gasteiger partial charge in [-0.15, -0.1) is 3.89 Å². The van der Waals surface area contributed by atoms with Crippen LogP contribution in [0.5, 0.6) is 5.75 Å². The number of phenols is 1. The molecule has 0 aliphatic carbocycles. The van der Waals surface area contributed by atoms with Crippen LogP contribution >= 0.6 is 0 Å². The van der Waals surface area contributed by atoms with Gasteiger partial charge in [0.15, 0.2) is 17.4 Å². The fourth-order valence-corrected chi connectivity index (χ4v) is 1.25. The number of halogens is 3. The Morgan fingerprint density at radius 2 is 1.77 bits per heavy atom. The topological polar surface area (TPSA) is 54.4 Å². The van der Waals surface area contributed by atoms with Crippen LogP contribution in [-0.4, -0.2) is 13.5 Å². The summed E-state index contributed by atoms with van der Waals surface area (Å²) in [6.07, 6.45) is 0.